The van der Waals surface area contributed by atoms with E-state index in [4.69, 9.17) is 0 Å². The molecule has 3 rings (SSSR count). The molecule has 0 radical (unpaired) electrons. The Morgan fingerprint density at radius 2 is 2.15 bits per heavy atom. The molecule has 2 aliphatic rings. The summed E-state index contributed by atoms with van der Waals surface area (Å²) in [5.41, 5.74) is 1.52. The molecule has 6 heteroatoms. The van der Waals surface area contributed by atoms with Gasteiger partial charge in [0.25, 0.3) is 5.69 Å². The van der Waals surface area contributed by atoms with Gasteiger partial charge in [-0.15, -0.1) is 0 Å². The van der Waals surface area contributed by atoms with Crippen molar-refractivity contribution in [3.63, 3.8) is 0 Å². The van der Waals surface area contributed by atoms with E-state index >= 15 is 0 Å². The Bertz CT molecular complexity index is 587. The second kappa shape index (κ2) is 4.56. The van der Waals surface area contributed by atoms with Gasteiger partial charge in [-0.3, -0.25) is 20.2 Å². The number of carbonyl (C=O) groups excluding carboxylic acids is 1. The highest BCUT2D eigenvalue weighted by atomic mass is 16.6. The van der Waals surface area contributed by atoms with Crippen LogP contribution in [0.25, 0.3) is 0 Å². The third kappa shape index (κ3) is 2.06. The molecule has 3 unspecified atom stereocenters. The summed E-state index contributed by atoms with van der Waals surface area (Å²) in [7, 11) is 0. The molecule has 0 spiro atoms. The van der Waals surface area contributed by atoms with Crippen molar-refractivity contribution in [1.82, 2.24) is 10.2 Å². The fraction of sp³-hybridized carbons (Fsp3) is 0.500. The Balaban J connectivity index is 1.94. The molecule has 0 aromatic heterocycles. The summed E-state index contributed by atoms with van der Waals surface area (Å²) < 4.78 is 0. The van der Waals surface area contributed by atoms with Crippen LogP contribution in [0.1, 0.15) is 30.6 Å². The van der Waals surface area contributed by atoms with Crippen molar-refractivity contribution in [2.75, 3.05) is 6.54 Å². The summed E-state index contributed by atoms with van der Waals surface area (Å²) >= 11 is 0. The zero-order chi connectivity index (χ0) is 14.4. The highest BCUT2D eigenvalue weighted by Crippen LogP contribution is 2.41. The number of rotatable bonds is 3. The molecule has 106 valence electrons. The normalized spacial score (nSPS) is 28.8. The van der Waals surface area contributed by atoms with Crippen LogP contribution in [0.4, 0.5) is 5.69 Å². The van der Waals surface area contributed by atoms with Gasteiger partial charge in [-0.25, -0.2) is 0 Å². The first-order valence-corrected chi connectivity index (χ1v) is 6.78. The molecule has 1 saturated carbocycles. The number of amides is 1. The van der Waals surface area contributed by atoms with Crippen LogP contribution in [0.2, 0.25) is 0 Å². The van der Waals surface area contributed by atoms with Gasteiger partial charge in [0.05, 0.1) is 11.5 Å². The minimum atomic E-state index is -0.375. The lowest BCUT2D eigenvalue weighted by Crippen LogP contribution is -2.33. The van der Waals surface area contributed by atoms with E-state index < -0.39 is 0 Å². The van der Waals surface area contributed by atoms with E-state index in [0.29, 0.717) is 18.0 Å². The van der Waals surface area contributed by atoms with Gasteiger partial charge in [-0.05, 0) is 24.8 Å². The Hall–Kier alpha value is -1.95. The van der Waals surface area contributed by atoms with Crippen LogP contribution in [0.15, 0.2) is 18.2 Å². The van der Waals surface area contributed by atoms with Gasteiger partial charge in [0, 0.05) is 17.7 Å². The van der Waals surface area contributed by atoms with Crippen LogP contribution in [0.5, 0.6) is 0 Å². The van der Waals surface area contributed by atoms with Crippen molar-refractivity contribution in [2.24, 2.45) is 5.92 Å². The maximum absolute atomic E-state index is 12.0. The molecule has 1 amide bonds. The molecule has 1 N–H and O–H groups in total. The van der Waals surface area contributed by atoms with Gasteiger partial charge >= 0.3 is 0 Å². The number of hydrogen-bond acceptors (Lipinski definition) is 4. The predicted octanol–water partition coefficient (Wildman–Crippen LogP) is 1.74. The lowest BCUT2D eigenvalue weighted by atomic mass is 10.1. The van der Waals surface area contributed by atoms with Crippen LogP contribution < -0.4 is 5.32 Å². The summed E-state index contributed by atoms with van der Waals surface area (Å²) in [5, 5.41) is 14.2. The van der Waals surface area contributed by atoms with E-state index in [1.54, 1.807) is 19.1 Å². The topological polar surface area (TPSA) is 75.5 Å². The molecule has 1 saturated heterocycles. The van der Waals surface area contributed by atoms with E-state index in [2.05, 4.69) is 12.2 Å². The van der Waals surface area contributed by atoms with E-state index in [9.17, 15) is 14.9 Å². The largest absolute Gasteiger partial charge is 0.319 e. The van der Waals surface area contributed by atoms with Crippen LogP contribution in [0, 0.1) is 23.0 Å². The maximum Gasteiger partial charge on any atom is 0.272 e. The number of nitrogens with one attached hydrogen (secondary N) is 1. The third-order valence-corrected chi connectivity index (χ3v) is 4.18. The number of nitro groups is 1. The van der Waals surface area contributed by atoms with Crippen LogP contribution >= 0.6 is 0 Å². The SMILES string of the molecule is Cc1ccc(C2NCC(=O)N2C2CC2C)cc1[N+](=O)[O-]. The molecule has 3 atom stereocenters. The van der Waals surface area contributed by atoms with Gasteiger partial charge in [0.1, 0.15) is 6.17 Å². The van der Waals surface area contributed by atoms with Crippen LogP contribution in [-0.4, -0.2) is 28.3 Å². The Labute approximate surface area is 116 Å². The van der Waals surface area contributed by atoms with Crippen molar-refractivity contribution in [1.29, 1.82) is 0 Å². The molecular formula is C14H17N3O3. The Morgan fingerprint density at radius 1 is 1.45 bits per heavy atom. The van der Waals surface area contributed by atoms with E-state index in [1.165, 1.54) is 0 Å². The number of nitrogens with zero attached hydrogens (tertiary/aromatic N) is 2. The van der Waals surface area contributed by atoms with E-state index in [0.717, 1.165) is 12.0 Å². The monoisotopic (exact) mass is 275 g/mol. The average molecular weight is 275 g/mol. The summed E-state index contributed by atoms with van der Waals surface area (Å²) in [6.07, 6.45) is 0.773. The molecule has 2 fully saturated rings. The average Bonchev–Trinajstić information content (AvgIpc) is 2.98. The molecule has 20 heavy (non-hydrogen) atoms. The van der Waals surface area contributed by atoms with Gasteiger partial charge < -0.3 is 4.90 Å². The number of hydrogen-bond donors (Lipinski definition) is 1. The first-order chi connectivity index (χ1) is 9.49. The molecule has 1 aliphatic carbocycles. The second-order valence-electron chi connectivity index (χ2n) is 5.67. The summed E-state index contributed by atoms with van der Waals surface area (Å²) in [6, 6.07) is 5.44. The van der Waals surface area contributed by atoms with Crippen molar-refractivity contribution in [3.05, 3.63) is 39.4 Å². The zero-order valence-corrected chi connectivity index (χ0v) is 11.5. The third-order valence-electron chi connectivity index (χ3n) is 4.18. The quantitative estimate of drug-likeness (QED) is 0.673. The summed E-state index contributed by atoms with van der Waals surface area (Å²) in [4.78, 5) is 24.5. The lowest BCUT2D eigenvalue weighted by molar-refractivity contribution is -0.385. The van der Waals surface area contributed by atoms with Crippen molar-refractivity contribution < 1.29 is 9.72 Å². The number of carbonyl (C=O) groups is 1. The lowest BCUT2D eigenvalue weighted by Gasteiger charge is -2.25. The number of benzene rings is 1. The van der Waals surface area contributed by atoms with Gasteiger partial charge in [-0.2, -0.15) is 0 Å². The first kappa shape index (κ1) is 13.1. The van der Waals surface area contributed by atoms with Crippen molar-refractivity contribution in [2.45, 2.75) is 32.5 Å². The Morgan fingerprint density at radius 3 is 2.75 bits per heavy atom. The van der Waals surface area contributed by atoms with E-state index in [1.807, 2.05) is 11.0 Å². The molecule has 0 bridgehead atoms. The molecule has 6 nitrogen and oxygen atoms in total. The van der Waals surface area contributed by atoms with Crippen molar-refractivity contribution in [3.8, 4) is 0 Å². The smallest absolute Gasteiger partial charge is 0.272 e. The van der Waals surface area contributed by atoms with Crippen LogP contribution in [0.3, 0.4) is 0 Å². The highest BCUT2D eigenvalue weighted by molar-refractivity contribution is 5.81. The summed E-state index contributed by atoms with van der Waals surface area (Å²) in [5.74, 6) is 0.592. The fourth-order valence-corrected chi connectivity index (χ4v) is 2.86. The molecule has 1 aromatic carbocycles. The minimum Gasteiger partial charge on any atom is -0.319 e. The number of aryl methyl sites for hydroxylation is 1. The van der Waals surface area contributed by atoms with Crippen LogP contribution in [-0.2, 0) is 4.79 Å². The molecular weight excluding hydrogens is 258 g/mol. The highest BCUT2D eigenvalue weighted by Gasteiger charge is 2.46. The fourth-order valence-electron chi connectivity index (χ4n) is 2.86. The maximum atomic E-state index is 12.0. The van der Waals surface area contributed by atoms with Crippen molar-refractivity contribution >= 4 is 11.6 Å². The van der Waals surface area contributed by atoms with E-state index in [-0.39, 0.29) is 28.7 Å². The Kier molecular flexibility index (Phi) is 2.97. The minimum absolute atomic E-state index is 0.0765. The van der Waals surface area contributed by atoms with Gasteiger partial charge in [0.2, 0.25) is 5.91 Å². The van der Waals surface area contributed by atoms with Gasteiger partial charge in [-0.1, -0.05) is 19.1 Å². The zero-order valence-electron chi connectivity index (χ0n) is 11.5. The first-order valence-electron chi connectivity index (χ1n) is 6.78. The molecule has 1 aliphatic heterocycles. The standard InChI is InChI=1S/C14H17N3O3/c1-8-3-4-10(6-12(8)17(19)20)14-15-7-13(18)16(14)11-5-9(11)2/h3-4,6,9,11,14-15H,5,7H2,1-2H3. The summed E-state index contributed by atoms with van der Waals surface area (Å²) in [6.45, 7) is 4.14. The molecule has 1 aromatic rings. The predicted molar refractivity (Wildman–Crippen MR) is 73.0 cm³/mol. The number of nitro benzene ring substituents is 1. The van der Waals surface area contributed by atoms with Gasteiger partial charge in [0.15, 0.2) is 0 Å². The second-order valence-corrected chi connectivity index (χ2v) is 5.67. The molecule has 1 heterocycles.